The van der Waals surface area contributed by atoms with Crippen LogP contribution in [0.5, 0.6) is 0 Å². The van der Waals surface area contributed by atoms with Gasteiger partial charge in [0.1, 0.15) is 0 Å². The molecule has 0 aliphatic carbocycles. The third-order valence-corrected chi connectivity index (χ3v) is 4.23. The summed E-state index contributed by atoms with van der Waals surface area (Å²) in [7, 11) is 0. The molecule has 0 fully saturated rings. The molecule has 18 heavy (non-hydrogen) atoms. The molecule has 0 amide bonds. The second kappa shape index (κ2) is 6.14. The molecule has 0 aliphatic rings. The fourth-order valence-corrected chi connectivity index (χ4v) is 2.68. The van der Waals surface area contributed by atoms with Gasteiger partial charge in [0.15, 0.2) is 11.6 Å². The Kier molecular flexibility index (Phi) is 5.32. The Labute approximate surface area is 117 Å². The van der Waals surface area contributed by atoms with Crippen LogP contribution in [0.1, 0.15) is 39.7 Å². The minimum atomic E-state index is -0.784. The van der Waals surface area contributed by atoms with Crippen molar-refractivity contribution in [3.05, 3.63) is 35.4 Å². The number of alkyl halides is 1. The molecule has 1 aromatic carbocycles. The van der Waals surface area contributed by atoms with Crippen LogP contribution in [0.15, 0.2) is 18.2 Å². The van der Waals surface area contributed by atoms with Gasteiger partial charge in [0.05, 0.1) is 0 Å². The maximum absolute atomic E-state index is 13.1. The van der Waals surface area contributed by atoms with Crippen molar-refractivity contribution in [3.8, 4) is 0 Å². The third-order valence-electron chi connectivity index (χ3n) is 3.53. The summed E-state index contributed by atoms with van der Waals surface area (Å²) in [5.41, 5.74) is 1.09. The van der Waals surface area contributed by atoms with Gasteiger partial charge in [-0.1, -0.05) is 49.7 Å². The number of rotatable bonds is 4. The largest absolute Gasteiger partial charge is 0.204 e. The topological polar surface area (TPSA) is 0 Å². The van der Waals surface area contributed by atoms with Crippen LogP contribution in [0.25, 0.3) is 0 Å². The molecule has 102 valence electrons. The van der Waals surface area contributed by atoms with Crippen molar-refractivity contribution in [3.63, 3.8) is 0 Å². The van der Waals surface area contributed by atoms with Gasteiger partial charge in [-0.15, -0.1) is 0 Å². The van der Waals surface area contributed by atoms with E-state index in [0.717, 1.165) is 18.4 Å². The molecule has 1 aromatic rings. The van der Waals surface area contributed by atoms with Crippen LogP contribution in [-0.4, -0.2) is 4.83 Å². The lowest BCUT2D eigenvalue weighted by Gasteiger charge is -2.29. The van der Waals surface area contributed by atoms with Gasteiger partial charge in [-0.3, -0.25) is 0 Å². The highest BCUT2D eigenvalue weighted by Crippen LogP contribution is 2.31. The Morgan fingerprint density at radius 1 is 1.17 bits per heavy atom. The Morgan fingerprint density at radius 3 is 2.28 bits per heavy atom. The zero-order valence-corrected chi connectivity index (χ0v) is 13.0. The van der Waals surface area contributed by atoms with Crippen molar-refractivity contribution < 1.29 is 8.78 Å². The van der Waals surface area contributed by atoms with Crippen LogP contribution in [-0.2, 0) is 6.42 Å². The smallest absolute Gasteiger partial charge is 0.159 e. The summed E-state index contributed by atoms with van der Waals surface area (Å²) in [6.45, 7) is 8.87. The van der Waals surface area contributed by atoms with E-state index < -0.39 is 11.6 Å². The van der Waals surface area contributed by atoms with Crippen molar-refractivity contribution in [2.45, 2.75) is 45.4 Å². The van der Waals surface area contributed by atoms with Crippen molar-refractivity contribution in [1.82, 2.24) is 0 Å². The van der Waals surface area contributed by atoms with Gasteiger partial charge in [-0.25, -0.2) is 8.78 Å². The molecule has 0 aromatic heterocycles. The van der Waals surface area contributed by atoms with E-state index in [2.05, 4.69) is 43.6 Å². The lowest BCUT2D eigenvalue weighted by molar-refractivity contribution is 0.246. The average Bonchev–Trinajstić information content (AvgIpc) is 2.22. The fourth-order valence-electron chi connectivity index (χ4n) is 1.74. The molecular weight excluding hydrogens is 298 g/mol. The quantitative estimate of drug-likeness (QED) is 0.657. The summed E-state index contributed by atoms with van der Waals surface area (Å²) in [6, 6.07) is 4.12. The van der Waals surface area contributed by atoms with E-state index in [0.29, 0.717) is 5.92 Å². The second-order valence-corrected chi connectivity index (χ2v) is 7.35. The molecule has 0 bridgehead atoms. The molecule has 0 N–H and O–H groups in total. The van der Waals surface area contributed by atoms with Gasteiger partial charge in [-0.2, -0.15) is 0 Å². The molecule has 0 radical (unpaired) electrons. The second-order valence-electron chi connectivity index (χ2n) is 6.05. The normalized spacial score (nSPS) is 15.5. The Hall–Kier alpha value is -0.440. The van der Waals surface area contributed by atoms with E-state index in [4.69, 9.17) is 0 Å². The minimum Gasteiger partial charge on any atom is -0.204 e. The number of hydrogen-bond donors (Lipinski definition) is 0. The maximum Gasteiger partial charge on any atom is 0.159 e. The molecule has 2 unspecified atom stereocenters. The van der Waals surface area contributed by atoms with Crippen LogP contribution < -0.4 is 0 Å². The fraction of sp³-hybridized carbons (Fsp3) is 0.600. The lowest BCUT2D eigenvalue weighted by atomic mass is 9.79. The molecule has 2 atom stereocenters. The summed E-state index contributed by atoms with van der Waals surface area (Å²) >= 11 is 3.63. The first-order valence-electron chi connectivity index (χ1n) is 6.28. The number of benzene rings is 1. The molecule has 0 heterocycles. The van der Waals surface area contributed by atoms with Crippen LogP contribution >= 0.6 is 15.9 Å². The van der Waals surface area contributed by atoms with E-state index in [1.165, 1.54) is 12.1 Å². The number of halogens is 3. The highest BCUT2D eigenvalue weighted by molar-refractivity contribution is 9.09. The number of hydrogen-bond acceptors (Lipinski definition) is 0. The first kappa shape index (κ1) is 15.6. The monoisotopic (exact) mass is 318 g/mol. The summed E-state index contributed by atoms with van der Waals surface area (Å²) in [5.74, 6) is -0.990. The molecular formula is C15H21BrF2. The van der Waals surface area contributed by atoms with Crippen molar-refractivity contribution in [2.24, 2.45) is 11.3 Å². The van der Waals surface area contributed by atoms with Crippen molar-refractivity contribution >= 4 is 15.9 Å². The van der Waals surface area contributed by atoms with Crippen molar-refractivity contribution in [2.75, 3.05) is 0 Å². The summed E-state index contributed by atoms with van der Waals surface area (Å²) in [5, 5.41) is 0. The summed E-state index contributed by atoms with van der Waals surface area (Å²) < 4.78 is 25.9. The average molecular weight is 319 g/mol. The molecule has 0 aliphatic heterocycles. The van der Waals surface area contributed by atoms with E-state index in [1.807, 2.05) is 0 Å². The predicted octanol–water partition coefficient (Wildman–Crippen LogP) is 5.34. The van der Waals surface area contributed by atoms with E-state index >= 15 is 0 Å². The highest BCUT2D eigenvalue weighted by Gasteiger charge is 2.22. The van der Waals surface area contributed by atoms with Crippen LogP contribution in [0.4, 0.5) is 8.78 Å². The molecule has 0 nitrogen and oxygen atoms in total. The zero-order chi connectivity index (χ0) is 13.9. The van der Waals surface area contributed by atoms with E-state index in [1.54, 1.807) is 6.07 Å². The third kappa shape index (κ3) is 4.68. The molecule has 0 saturated heterocycles. The van der Waals surface area contributed by atoms with E-state index in [9.17, 15) is 8.78 Å². The Balaban J connectivity index is 2.59. The van der Waals surface area contributed by atoms with E-state index in [-0.39, 0.29) is 10.2 Å². The molecule has 0 saturated carbocycles. The van der Waals surface area contributed by atoms with Gasteiger partial charge in [0, 0.05) is 4.83 Å². The lowest BCUT2D eigenvalue weighted by Crippen LogP contribution is -2.21. The zero-order valence-electron chi connectivity index (χ0n) is 11.4. The van der Waals surface area contributed by atoms with Gasteiger partial charge >= 0.3 is 0 Å². The maximum atomic E-state index is 13.1. The first-order chi connectivity index (χ1) is 8.20. The van der Waals surface area contributed by atoms with Crippen molar-refractivity contribution in [1.29, 1.82) is 0 Å². The van der Waals surface area contributed by atoms with Crippen LogP contribution in [0.2, 0.25) is 0 Å². The molecule has 0 spiro atoms. The van der Waals surface area contributed by atoms with Gasteiger partial charge in [0.25, 0.3) is 0 Å². The Bertz CT molecular complexity index is 396. The summed E-state index contributed by atoms with van der Waals surface area (Å²) in [4.78, 5) is 0.289. The molecule has 3 heteroatoms. The van der Waals surface area contributed by atoms with Gasteiger partial charge in [-0.05, 0) is 41.9 Å². The summed E-state index contributed by atoms with van der Waals surface area (Å²) in [6.07, 6.45) is 1.74. The molecule has 1 rings (SSSR count). The van der Waals surface area contributed by atoms with Gasteiger partial charge < -0.3 is 0 Å². The highest BCUT2D eigenvalue weighted by atomic mass is 79.9. The van der Waals surface area contributed by atoms with Crippen LogP contribution in [0, 0.1) is 23.0 Å². The minimum absolute atomic E-state index is 0.264. The predicted molar refractivity (Wildman–Crippen MR) is 76.0 cm³/mol. The standard InChI is InChI=1S/C15H21BrF2/c1-10(15(2,3)4)7-12(16)8-11-5-6-13(17)14(18)9-11/h5-6,9-10,12H,7-8H2,1-4H3. The van der Waals surface area contributed by atoms with Crippen LogP contribution in [0.3, 0.4) is 0 Å². The first-order valence-corrected chi connectivity index (χ1v) is 7.19. The Morgan fingerprint density at radius 2 is 1.78 bits per heavy atom. The SMILES string of the molecule is CC(CC(Br)Cc1ccc(F)c(F)c1)C(C)(C)C. The van der Waals surface area contributed by atoms with Gasteiger partial charge in [0.2, 0.25) is 0 Å².